The van der Waals surface area contributed by atoms with Gasteiger partial charge in [-0.25, -0.2) is 0 Å². The minimum atomic E-state index is 0.0187. The van der Waals surface area contributed by atoms with Crippen molar-refractivity contribution in [2.45, 2.75) is 44.4 Å². The van der Waals surface area contributed by atoms with E-state index in [0.717, 1.165) is 31.5 Å². The van der Waals surface area contributed by atoms with Gasteiger partial charge in [0.05, 0.1) is 19.1 Å². The molecule has 1 aromatic carbocycles. The first-order valence-corrected chi connectivity index (χ1v) is 11.5. The van der Waals surface area contributed by atoms with E-state index >= 15 is 0 Å². The number of hydrogen-bond acceptors (Lipinski definition) is 4. The standard InChI is InChI=1S/C24H29N3O2S/c28-18-21-9-5-13-27(21)17-20-8-2-1-7-19(20)16-25-24(29)15-22(23-10-6-14-30-23)26-11-3-4-12-26/h1-4,6-8,10-12,14,21-22,28H,5,9,13,15-18H2,(H,25,29). The van der Waals surface area contributed by atoms with Gasteiger partial charge in [0.2, 0.25) is 5.91 Å². The Morgan fingerprint density at radius 2 is 1.93 bits per heavy atom. The zero-order chi connectivity index (χ0) is 20.8. The Morgan fingerprint density at radius 3 is 2.67 bits per heavy atom. The summed E-state index contributed by atoms with van der Waals surface area (Å²) in [6.07, 6.45) is 6.63. The van der Waals surface area contributed by atoms with E-state index in [1.54, 1.807) is 11.3 Å². The molecule has 30 heavy (non-hydrogen) atoms. The lowest BCUT2D eigenvalue weighted by atomic mass is 10.1. The summed E-state index contributed by atoms with van der Waals surface area (Å²) in [7, 11) is 0. The molecule has 1 fully saturated rings. The van der Waals surface area contributed by atoms with Gasteiger partial charge in [-0.3, -0.25) is 9.69 Å². The first kappa shape index (κ1) is 20.8. The number of thiophene rings is 1. The summed E-state index contributed by atoms with van der Waals surface area (Å²) in [5, 5.41) is 14.8. The number of rotatable bonds is 9. The van der Waals surface area contributed by atoms with Crippen molar-refractivity contribution in [3.05, 3.63) is 82.3 Å². The molecule has 4 rings (SSSR count). The number of amides is 1. The highest BCUT2D eigenvalue weighted by molar-refractivity contribution is 7.10. The summed E-state index contributed by atoms with van der Waals surface area (Å²) in [6.45, 7) is 2.57. The van der Waals surface area contributed by atoms with E-state index in [0.29, 0.717) is 13.0 Å². The number of aliphatic hydroxyl groups excluding tert-OH is 1. The maximum absolute atomic E-state index is 12.8. The molecule has 3 aromatic rings. The number of benzene rings is 1. The van der Waals surface area contributed by atoms with Crippen LogP contribution in [-0.4, -0.2) is 39.7 Å². The summed E-state index contributed by atoms with van der Waals surface area (Å²) < 4.78 is 2.10. The van der Waals surface area contributed by atoms with Crippen LogP contribution in [0.2, 0.25) is 0 Å². The Hall–Kier alpha value is -2.41. The van der Waals surface area contributed by atoms with Crippen LogP contribution in [0.25, 0.3) is 0 Å². The molecule has 1 aliphatic heterocycles. The van der Waals surface area contributed by atoms with Crippen LogP contribution in [0.5, 0.6) is 0 Å². The van der Waals surface area contributed by atoms with Gasteiger partial charge in [-0.1, -0.05) is 30.3 Å². The first-order valence-electron chi connectivity index (χ1n) is 10.6. The topological polar surface area (TPSA) is 57.5 Å². The van der Waals surface area contributed by atoms with Crippen molar-refractivity contribution in [1.82, 2.24) is 14.8 Å². The molecule has 0 bridgehead atoms. The second-order valence-electron chi connectivity index (χ2n) is 7.86. The molecule has 0 aliphatic carbocycles. The number of carbonyl (C=O) groups excluding carboxylic acids is 1. The van der Waals surface area contributed by atoms with E-state index in [1.807, 2.05) is 42.7 Å². The highest BCUT2D eigenvalue weighted by Crippen LogP contribution is 2.26. The number of hydrogen-bond donors (Lipinski definition) is 2. The Bertz CT molecular complexity index is 890. The van der Waals surface area contributed by atoms with E-state index in [9.17, 15) is 9.90 Å². The van der Waals surface area contributed by atoms with Gasteiger partial charge in [0.1, 0.15) is 0 Å². The third kappa shape index (κ3) is 5.01. The fourth-order valence-electron chi connectivity index (χ4n) is 4.24. The average molecular weight is 424 g/mol. The van der Waals surface area contributed by atoms with E-state index in [1.165, 1.54) is 10.4 Å². The van der Waals surface area contributed by atoms with E-state index < -0.39 is 0 Å². The predicted molar refractivity (Wildman–Crippen MR) is 120 cm³/mol. The Morgan fingerprint density at radius 1 is 1.13 bits per heavy atom. The molecule has 0 saturated carbocycles. The van der Waals surface area contributed by atoms with Crippen LogP contribution >= 0.6 is 11.3 Å². The van der Waals surface area contributed by atoms with Gasteiger partial charge in [-0.2, -0.15) is 0 Å². The van der Waals surface area contributed by atoms with Gasteiger partial charge >= 0.3 is 0 Å². The van der Waals surface area contributed by atoms with Crippen molar-refractivity contribution < 1.29 is 9.90 Å². The fraction of sp³-hybridized carbons (Fsp3) is 0.375. The molecule has 6 heteroatoms. The van der Waals surface area contributed by atoms with Gasteiger partial charge in [0, 0.05) is 36.4 Å². The minimum absolute atomic E-state index is 0.0187. The second-order valence-corrected chi connectivity index (χ2v) is 8.84. The van der Waals surface area contributed by atoms with E-state index in [-0.39, 0.29) is 24.6 Å². The highest BCUT2D eigenvalue weighted by Gasteiger charge is 2.24. The first-order chi connectivity index (χ1) is 14.7. The summed E-state index contributed by atoms with van der Waals surface area (Å²) in [4.78, 5) is 16.3. The van der Waals surface area contributed by atoms with Crippen molar-refractivity contribution in [2.24, 2.45) is 0 Å². The van der Waals surface area contributed by atoms with Crippen molar-refractivity contribution in [3.63, 3.8) is 0 Å². The van der Waals surface area contributed by atoms with Crippen LogP contribution in [0.1, 0.15) is 41.3 Å². The average Bonchev–Trinajstić information content (AvgIpc) is 3.54. The van der Waals surface area contributed by atoms with Gasteiger partial charge in [0.15, 0.2) is 0 Å². The molecule has 2 N–H and O–H groups in total. The van der Waals surface area contributed by atoms with Gasteiger partial charge < -0.3 is 15.0 Å². The third-order valence-corrected chi connectivity index (χ3v) is 6.89. The molecule has 2 atom stereocenters. The highest BCUT2D eigenvalue weighted by atomic mass is 32.1. The van der Waals surface area contributed by atoms with Gasteiger partial charge in [-0.15, -0.1) is 11.3 Å². The molecule has 2 unspecified atom stereocenters. The zero-order valence-corrected chi connectivity index (χ0v) is 17.9. The number of aliphatic hydroxyl groups is 1. The van der Waals surface area contributed by atoms with Crippen LogP contribution in [-0.2, 0) is 17.9 Å². The van der Waals surface area contributed by atoms with Crippen molar-refractivity contribution in [1.29, 1.82) is 0 Å². The minimum Gasteiger partial charge on any atom is -0.395 e. The number of carbonyl (C=O) groups is 1. The van der Waals surface area contributed by atoms with Crippen LogP contribution in [0.3, 0.4) is 0 Å². The van der Waals surface area contributed by atoms with Crippen LogP contribution < -0.4 is 5.32 Å². The molecule has 2 aromatic heterocycles. The smallest absolute Gasteiger partial charge is 0.222 e. The lowest BCUT2D eigenvalue weighted by Crippen LogP contribution is -2.32. The number of nitrogens with zero attached hydrogens (tertiary/aromatic N) is 2. The second kappa shape index (κ2) is 10.1. The van der Waals surface area contributed by atoms with Gasteiger partial charge in [0.25, 0.3) is 0 Å². The van der Waals surface area contributed by atoms with E-state index in [4.69, 9.17) is 0 Å². The maximum atomic E-state index is 12.8. The predicted octanol–water partition coefficient (Wildman–Crippen LogP) is 3.80. The van der Waals surface area contributed by atoms with Crippen molar-refractivity contribution in [3.8, 4) is 0 Å². The normalized spacial score (nSPS) is 17.8. The third-order valence-electron chi connectivity index (χ3n) is 5.92. The lowest BCUT2D eigenvalue weighted by molar-refractivity contribution is -0.121. The fourth-order valence-corrected chi connectivity index (χ4v) is 5.08. The van der Waals surface area contributed by atoms with Crippen LogP contribution in [0.15, 0.2) is 66.3 Å². The summed E-state index contributed by atoms with van der Waals surface area (Å²) in [6, 6.07) is 16.7. The van der Waals surface area contributed by atoms with Gasteiger partial charge in [-0.05, 0) is 54.1 Å². The molecule has 5 nitrogen and oxygen atoms in total. The van der Waals surface area contributed by atoms with Crippen molar-refractivity contribution >= 4 is 17.2 Å². The van der Waals surface area contributed by atoms with Crippen molar-refractivity contribution in [2.75, 3.05) is 13.2 Å². The molecule has 3 heterocycles. The summed E-state index contributed by atoms with van der Waals surface area (Å²) in [5.41, 5.74) is 2.36. The SMILES string of the molecule is O=C(CC(c1cccs1)n1cccc1)NCc1ccccc1CN1CCCC1CO. The van der Waals surface area contributed by atoms with Crippen LogP contribution in [0, 0.1) is 0 Å². The molecule has 0 radical (unpaired) electrons. The number of aromatic nitrogens is 1. The molecule has 1 amide bonds. The van der Waals surface area contributed by atoms with E-state index in [2.05, 4.69) is 38.4 Å². The Labute approximate surface area is 182 Å². The Kier molecular flexibility index (Phi) is 7.00. The lowest BCUT2D eigenvalue weighted by Gasteiger charge is -2.24. The summed E-state index contributed by atoms with van der Waals surface area (Å²) >= 11 is 1.68. The maximum Gasteiger partial charge on any atom is 0.222 e. The quantitative estimate of drug-likeness (QED) is 0.550. The molecule has 1 saturated heterocycles. The molecular formula is C24H29N3O2S. The van der Waals surface area contributed by atoms with Crippen LogP contribution in [0.4, 0.5) is 0 Å². The molecule has 0 spiro atoms. The monoisotopic (exact) mass is 423 g/mol. The number of nitrogens with one attached hydrogen (secondary N) is 1. The zero-order valence-electron chi connectivity index (χ0n) is 17.1. The summed E-state index contributed by atoms with van der Waals surface area (Å²) in [5.74, 6) is 0.0475. The largest absolute Gasteiger partial charge is 0.395 e. The Balaban J connectivity index is 1.39. The molecule has 158 valence electrons. The molecule has 1 aliphatic rings. The molecular weight excluding hydrogens is 394 g/mol. The number of likely N-dealkylation sites (tertiary alicyclic amines) is 1.